The van der Waals surface area contributed by atoms with E-state index in [9.17, 15) is 4.79 Å². The van der Waals surface area contributed by atoms with Gasteiger partial charge in [-0.25, -0.2) is 4.79 Å². The molecule has 0 saturated heterocycles. The van der Waals surface area contributed by atoms with Crippen LogP contribution in [0.4, 0.5) is 4.79 Å². The molecule has 3 nitrogen and oxygen atoms in total. The first-order valence-corrected chi connectivity index (χ1v) is 7.63. The molecule has 4 heteroatoms. The average molecular weight is 328 g/mol. The van der Waals surface area contributed by atoms with Crippen molar-refractivity contribution in [2.45, 2.75) is 44.5 Å². The van der Waals surface area contributed by atoms with Gasteiger partial charge in [-0.3, -0.25) is 0 Å². The summed E-state index contributed by atoms with van der Waals surface area (Å²) in [7, 11) is 0. The van der Waals surface area contributed by atoms with Gasteiger partial charge >= 0.3 is 6.09 Å². The number of hydrogen-bond donors (Lipinski definition) is 1. The molecule has 1 N–H and O–H groups in total. The Morgan fingerprint density at radius 2 is 1.79 bits per heavy atom. The van der Waals surface area contributed by atoms with Crippen LogP contribution in [0.2, 0.25) is 0 Å². The van der Waals surface area contributed by atoms with Crippen LogP contribution in [-0.4, -0.2) is 18.2 Å². The molecule has 1 aromatic carbocycles. The number of rotatable bonds is 5. The molecule has 106 valence electrons. The third-order valence-electron chi connectivity index (χ3n) is 2.49. The lowest BCUT2D eigenvalue weighted by Crippen LogP contribution is -2.33. The molecule has 1 amide bonds. The Kier molecular flexibility index (Phi) is 6.35. The lowest BCUT2D eigenvalue weighted by atomic mass is 10.1. The predicted molar refractivity (Wildman–Crippen MR) is 81.6 cm³/mol. The number of alkyl halides is 1. The van der Waals surface area contributed by atoms with E-state index in [1.54, 1.807) is 0 Å². The van der Waals surface area contributed by atoms with Crippen molar-refractivity contribution in [1.29, 1.82) is 0 Å². The molecule has 0 aliphatic rings. The van der Waals surface area contributed by atoms with Crippen LogP contribution in [0.25, 0.3) is 0 Å². The maximum Gasteiger partial charge on any atom is 0.407 e. The number of aryl methyl sites for hydroxylation is 1. The van der Waals surface area contributed by atoms with E-state index in [-0.39, 0.29) is 6.09 Å². The van der Waals surface area contributed by atoms with E-state index in [0.717, 1.165) is 18.2 Å². The minimum absolute atomic E-state index is 0.345. The number of hydrogen-bond acceptors (Lipinski definition) is 2. The zero-order valence-corrected chi connectivity index (χ0v) is 13.4. The van der Waals surface area contributed by atoms with Crippen molar-refractivity contribution in [1.82, 2.24) is 5.32 Å². The molecule has 0 bridgehead atoms. The first-order valence-electron chi connectivity index (χ1n) is 6.51. The standard InChI is InChI=1S/C15H22BrNO2/c1-15(2,3)19-14(18)17-10-4-5-12-6-8-13(11-16)9-7-12/h6-9H,4-5,10-11H2,1-3H3,(H,17,18). The highest BCUT2D eigenvalue weighted by Gasteiger charge is 2.15. The summed E-state index contributed by atoms with van der Waals surface area (Å²) in [5.41, 5.74) is 2.13. The molecule has 0 aromatic heterocycles. The van der Waals surface area contributed by atoms with Crippen molar-refractivity contribution in [2.24, 2.45) is 0 Å². The van der Waals surface area contributed by atoms with Crippen LogP contribution in [0.1, 0.15) is 38.3 Å². The maximum absolute atomic E-state index is 11.4. The molecule has 0 heterocycles. The van der Waals surface area contributed by atoms with E-state index >= 15 is 0 Å². The average Bonchev–Trinajstić information content (AvgIpc) is 2.33. The Balaban J connectivity index is 2.21. The van der Waals surface area contributed by atoms with Gasteiger partial charge in [-0.05, 0) is 44.7 Å². The predicted octanol–water partition coefficient (Wildman–Crippen LogP) is 4.04. The third-order valence-corrected chi connectivity index (χ3v) is 3.14. The van der Waals surface area contributed by atoms with Crippen molar-refractivity contribution < 1.29 is 9.53 Å². The van der Waals surface area contributed by atoms with Crippen molar-refractivity contribution >= 4 is 22.0 Å². The second-order valence-electron chi connectivity index (χ2n) is 5.48. The second-order valence-corrected chi connectivity index (χ2v) is 6.04. The molecule has 1 rings (SSSR count). The number of amides is 1. The highest BCUT2D eigenvalue weighted by atomic mass is 79.9. The fourth-order valence-electron chi connectivity index (χ4n) is 1.59. The Morgan fingerprint density at radius 1 is 1.21 bits per heavy atom. The first-order chi connectivity index (χ1) is 8.90. The Hall–Kier alpha value is -1.03. The van der Waals surface area contributed by atoms with E-state index in [4.69, 9.17) is 4.74 Å². The molecule has 0 radical (unpaired) electrons. The summed E-state index contributed by atoms with van der Waals surface area (Å²) in [5, 5.41) is 3.65. The summed E-state index contributed by atoms with van der Waals surface area (Å²) >= 11 is 3.42. The summed E-state index contributed by atoms with van der Waals surface area (Å²) in [6.45, 7) is 6.21. The van der Waals surface area contributed by atoms with Gasteiger partial charge in [-0.15, -0.1) is 0 Å². The zero-order chi connectivity index (χ0) is 14.3. The number of ether oxygens (including phenoxy) is 1. The molecule has 0 unspecified atom stereocenters. The summed E-state index contributed by atoms with van der Waals surface area (Å²) in [6, 6.07) is 8.49. The van der Waals surface area contributed by atoms with Crippen LogP contribution >= 0.6 is 15.9 Å². The monoisotopic (exact) mass is 327 g/mol. The molecule has 1 aromatic rings. The Labute approximate surface area is 123 Å². The maximum atomic E-state index is 11.4. The molecule has 0 aliphatic carbocycles. The molecule has 0 atom stereocenters. The van der Waals surface area contributed by atoms with Crippen molar-refractivity contribution in [3.63, 3.8) is 0 Å². The number of carbonyl (C=O) groups is 1. The quantitative estimate of drug-likeness (QED) is 0.654. The Bertz CT molecular complexity index is 396. The van der Waals surface area contributed by atoms with Crippen LogP contribution in [0.3, 0.4) is 0 Å². The summed E-state index contributed by atoms with van der Waals surface area (Å²) in [4.78, 5) is 11.4. The normalized spacial score (nSPS) is 11.2. The highest BCUT2D eigenvalue weighted by molar-refractivity contribution is 9.08. The Morgan fingerprint density at radius 3 is 2.32 bits per heavy atom. The van der Waals surface area contributed by atoms with Gasteiger partial charge in [0.1, 0.15) is 5.60 Å². The number of alkyl carbamates (subject to hydrolysis) is 1. The van der Waals surface area contributed by atoms with E-state index < -0.39 is 5.60 Å². The second kappa shape index (κ2) is 7.53. The summed E-state index contributed by atoms with van der Waals surface area (Å²) in [6.07, 6.45) is 1.52. The van der Waals surface area contributed by atoms with Crippen molar-refractivity contribution in [3.8, 4) is 0 Å². The van der Waals surface area contributed by atoms with E-state index in [0.29, 0.717) is 6.54 Å². The van der Waals surface area contributed by atoms with Crippen molar-refractivity contribution in [2.75, 3.05) is 6.54 Å². The van der Waals surface area contributed by atoms with Gasteiger partial charge in [0.2, 0.25) is 0 Å². The first kappa shape index (κ1) is 16.0. The number of carbonyl (C=O) groups excluding carboxylic acids is 1. The fourth-order valence-corrected chi connectivity index (χ4v) is 1.97. The molecule has 0 spiro atoms. The van der Waals surface area contributed by atoms with Crippen LogP contribution in [0.15, 0.2) is 24.3 Å². The molecule has 19 heavy (non-hydrogen) atoms. The number of halogens is 1. The smallest absolute Gasteiger partial charge is 0.407 e. The van der Waals surface area contributed by atoms with Crippen molar-refractivity contribution in [3.05, 3.63) is 35.4 Å². The SMILES string of the molecule is CC(C)(C)OC(=O)NCCCc1ccc(CBr)cc1. The largest absolute Gasteiger partial charge is 0.444 e. The lowest BCUT2D eigenvalue weighted by molar-refractivity contribution is 0.0527. The van der Waals surface area contributed by atoms with Gasteiger partial charge in [0, 0.05) is 11.9 Å². The van der Waals surface area contributed by atoms with Gasteiger partial charge in [0.05, 0.1) is 0 Å². The topological polar surface area (TPSA) is 38.3 Å². The number of benzene rings is 1. The van der Waals surface area contributed by atoms with Gasteiger partial charge < -0.3 is 10.1 Å². The van der Waals surface area contributed by atoms with Crippen LogP contribution in [0, 0.1) is 0 Å². The van der Waals surface area contributed by atoms with Crippen LogP contribution in [0.5, 0.6) is 0 Å². The minimum Gasteiger partial charge on any atom is -0.444 e. The van der Waals surface area contributed by atoms with E-state index in [1.165, 1.54) is 11.1 Å². The van der Waals surface area contributed by atoms with Gasteiger partial charge in [-0.1, -0.05) is 40.2 Å². The molecule has 0 fully saturated rings. The van der Waals surface area contributed by atoms with Crippen LogP contribution < -0.4 is 5.32 Å². The van der Waals surface area contributed by atoms with Gasteiger partial charge in [-0.2, -0.15) is 0 Å². The summed E-state index contributed by atoms with van der Waals surface area (Å²) in [5.74, 6) is 0. The van der Waals surface area contributed by atoms with Gasteiger partial charge in [0.15, 0.2) is 0 Å². The molecular formula is C15H22BrNO2. The highest BCUT2D eigenvalue weighted by Crippen LogP contribution is 2.09. The van der Waals surface area contributed by atoms with E-state index in [2.05, 4.69) is 45.5 Å². The van der Waals surface area contributed by atoms with E-state index in [1.807, 2.05) is 20.8 Å². The summed E-state index contributed by atoms with van der Waals surface area (Å²) < 4.78 is 5.17. The number of nitrogens with one attached hydrogen (secondary N) is 1. The zero-order valence-electron chi connectivity index (χ0n) is 11.8. The van der Waals surface area contributed by atoms with Gasteiger partial charge in [0.25, 0.3) is 0 Å². The molecule has 0 aliphatic heterocycles. The van der Waals surface area contributed by atoms with Crippen LogP contribution in [-0.2, 0) is 16.5 Å². The molecule has 0 saturated carbocycles. The lowest BCUT2D eigenvalue weighted by Gasteiger charge is -2.19. The molecular weight excluding hydrogens is 306 g/mol. The minimum atomic E-state index is -0.435. The third kappa shape index (κ3) is 7.21. The fraction of sp³-hybridized carbons (Fsp3) is 0.533.